The number of ether oxygens (including phenoxy) is 1. The van der Waals surface area contributed by atoms with Crippen LogP contribution in [0.25, 0.3) is 0 Å². The van der Waals surface area contributed by atoms with Gasteiger partial charge in [0.2, 0.25) is 0 Å². The van der Waals surface area contributed by atoms with Gasteiger partial charge in [0.25, 0.3) is 0 Å². The molecular weight excluding hydrogens is 258 g/mol. The molecular formula is C19H25NO. The highest BCUT2D eigenvalue weighted by molar-refractivity contribution is 5.51. The number of hydrogen-bond donors (Lipinski definition) is 1. The average Bonchev–Trinajstić information content (AvgIpc) is 2.42. The molecule has 0 fully saturated rings. The highest BCUT2D eigenvalue weighted by atomic mass is 16.5. The summed E-state index contributed by atoms with van der Waals surface area (Å²) in [6.45, 7) is 8.65. The summed E-state index contributed by atoms with van der Waals surface area (Å²) >= 11 is 0. The first-order chi connectivity index (χ1) is 9.92. The Morgan fingerprint density at radius 2 is 1.67 bits per heavy atom. The third-order valence-corrected chi connectivity index (χ3v) is 4.02. The van der Waals surface area contributed by atoms with Crippen molar-refractivity contribution in [1.29, 1.82) is 0 Å². The van der Waals surface area contributed by atoms with Crippen molar-refractivity contribution < 1.29 is 4.74 Å². The van der Waals surface area contributed by atoms with Crippen molar-refractivity contribution in [3.8, 4) is 5.75 Å². The van der Waals surface area contributed by atoms with Crippen molar-refractivity contribution in [2.75, 3.05) is 12.8 Å². The Morgan fingerprint density at radius 1 is 1.05 bits per heavy atom. The molecule has 2 rings (SSSR count). The van der Waals surface area contributed by atoms with E-state index in [4.69, 9.17) is 10.5 Å². The lowest BCUT2D eigenvalue weighted by molar-refractivity contribution is 0.407. The standard InChI is InChI=1S/C19H25NO/c1-12(2)17-10-15(6-7-19(17)21-5)11-18-13(3)8-16(20)9-14(18)4/h6-10,12H,11,20H2,1-5H3. The van der Waals surface area contributed by atoms with Crippen LogP contribution in [0.2, 0.25) is 0 Å². The number of anilines is 1. The Bertz CT molecular complexity index is 621. The van der Waals surface area contributed by atoms with Gasteiger partial charge in [-0.05, 0) is 72.2 Å². The van der Waals surface area contributed by atoms with Crippen molar-refractivity contribution >= 4 is 5.69 Å². The third kappa shape index (κ3) is 3.38. The average molecular weight is 283 g/mol. The lowest BCUT2D eigenvalue weighted by Gasteiger charge is -2.15. The van der Waals surface area contributed by atoms with E-state index in [1.165, 1.54) is 27.8 Å². The van der Waals surface area contributed by atoms with Crippen LogP contribution in [0.3, 0.4) is 0 Å². The fourth-order valence-corrected chi connectivity index (χ4v) is 2.85. The predicted octanol–water partition coefficient (Wildman–Crippen LogP) is 4.61. The zero-order valence-electron chi connectivity index (χ0n) is 13.7. The van der Waals surface area contributed by atoms with Crippen LogP contribution >= 0.6 is 0 Å². The Kier molecular flexibility index (Phi) is 4.56. The summed E-state index contributed by atoms with van der Waals surface area (Å²) in [6.07, 6.45) is 0.932. The Labute approximate surface area is 127 Å². The molecule has 2 N–H and O–H groups in total. The normalized spacial score (nSPS) is 11.0. The van der Waals surface area contributed by atoms with Crippen LogP contribution in [-0.4, -0.2) is 7.11 Å². The molecule has 0 saturated carbocycles. The van der Waals surface area contributed by atoms with Crippen molar-refractivity contribution in [1.82, 2.24) is 0 Å². The number of nitrogens with two attached hydrogens (primary N) is 1. The largest absolute Gasteiger partial charge is 0.496 e. The molecule has 2 aromatic carbocycles. The van der Waals surface area contributed by atoms with Crippen LogP contribution in [0.1, 0.15) is 47.6 Å². The molecule has 112 valence electrons. The number of aryl methyl sites for hydroxylation is 2. The van der Waals surface area contributed by atoms with Crippen LogP contribution < -0.4 is 10.5 Å². The minimum Gasteiger partial charge on any atom is -0.496 e. The maximum atomic E-state index is 5.91. The van der Waals surface area contributed by atoms with Crippen molar-refractivity contribution in [2.24, 2.45) is 0 Å². The molecule has 2 aromatic rings. The molecule has 0 amide bonds. The maximum absolute atomic E-state index is 5.91. The van der Waals surface area contributed by atoms with Gasteiger partial charge in [0.05, 0.1) is 7.11 Å². The quantitative estimate of drug-likeness (QED) is 0.832. The number of methoxy groups -OCH3 is 1. The second-order valence-electron chi connectivity index (χ2n) is 6.04. The molecule has 0 atom stereocenters. The van der Waals surface area contributed by atoms with Crippen LogP contribution in [0.4, 0.5) is 5.69 Å². The SMILES string of the molecule is COc1ccc(Cc2c(C)cc(N)cc2C)cc1C(C)C. The number of nitrogen functional groups attached to an aromatic ring is 1. The van der Waals surface area contributed by atoms with Gasteiger partial charge in [0.1, 0.15) is 5.75 Å². The van der Waals surface area contributed by atoms with Gasteiger partial charge in [-0.15, -0.1) is 0 Å². The second kappa shape index (κ2) is 6.21. The Balaban J connectivity index is 2.39. The van der Waals surface area contributed by atoms with E-state index in [-0.39, 0.29) is 0 Å². The van der Waals surface area contributed by atoms with Crippen LogP contribution in [-0.2, 0) is 6.42 Å². The molecule has 0 aromatic heterocycles. The molecule has 0 bridgehead atoms. The second-order valence-corrected chi connectivity index (χ2v) is 6.04. The van der Waals surface area contributed by atoms with Crippen LogP contribution in [0.15, 0.2) is 30.3 Å². The maximum Gasteiger partial charge on any atom is 0.122 e. The summed E-state index contributed by atoms with van der Waals surface area (Å²) in [6, 6.07) is 10.6. The van der Waals surface area contributed by atoms with Crippen molar-refractivity contribution in [3.63, 3.8) is 0 Å². The van der Waals surface area contributed by atoms with Crippen molar-refractivity contribution in [3.05, 3.63) is 58.1 Å². The van der Waals surface area contributed by atoms with Crippen molar-refractivity contribution in [2.45, 2.75) is 40.0 Å². The van der Waals surface area contributed by atoms with Gasteiger partial charge in [0, 0.05) is 5.69 Å². The van der Waals surface area contributed by atoms with E-state index in [0.717, 1.165) is 17.9 Å². The van der Waals surface area contributed by atoms with Gasteiger partial charge in [-0.1, -0.05) is 26.0 Å². The summed E-state index contributed by atoms with van der Waals surface area (Å²) < 4.78 is 5.46. The van der Waals surface area contributed by atoms with E-state index in [0.29, 0.717) is 5.92 Å². The topological polar surface area (TPSA) is 35.2 Å². The molecule has 0 radical (unpaired) electrons. The number of hydrogen-bond acceptors (Lipinski definition) is 2. The minimum absolute atomic E-state index is 0.452. The zero-order valence-corrected chi connectivity index (χ0v) is 13.7. The molecule has 0 spiro atoms. The van der Waals surface area contributed by atoms with Crippen LogP contribution in [0, 0.1) is 13.8 Å². The molecule has 2 nitrogen and oxygen atoms in total. The van der Waals surface area contributed by atoms with Gasteiger partial charge in [-0.3, -0.25) is 0 Å². The lowest BCUT2D eigenvalue weighted by atomic mass is 9.92. The predicted molar refractivity (Wildman–Crippen MR) is 90.2 cm³/mol. The van der Waals surface area contributed by atoms with E-state index in [1.54, 1.807) is 7.11 Å². The third-order valence-electron chi connectivity index (χ3n) is 4.02. The Hall–Kier alpha value is -1.96. The molecule has 2 heteroatoms. The Morgan fingerprint density at radius 3 is 2.19 bits per heavy atom. The zero-order chi connectivity index (χ0) is 15.6. The first-order valence-corrected chi connectivity index (χ1v) is 7.44. The van der Waals surface area contributed by atoms with E-state index in [1.807, 2.05) is 0 Å². The fraction of sp³-hybridized carbons (Fsp3) is 0.368. The van der Waals surface area contributed by atoms with Gasteiger partial charge < -0.3 is 10.5 Å². The number of benzene rings is 2. The summed E-state index contributed by atoms with van der Waals surface area (Å²) in [5.74, 6) is 1.42. The van der Waals surface area contributed by atoms with E-state index in [2.05, 4.69) is 58.0 Å². The van der Waals surface area contributed by atoms with Gasteiger partial charge in [0.15, 0.2) is 0 Å². The molecule has 0 heterocycles. The van der Waals surface area contributed by atoms with Gasteiger partial charge >= 0.3 is 0 Å². The van der Waals surface area contributed by atoms with Crippen LogP contribution in [0.5, 0.6) is 5.75 Å². The summed E-state index contributed by atoms with van der Waals surface area (Å²) in [5, 5.41) is 0. The lowest BCUT2D eigenvalue weighted by Crippen LogP contribution is -2.00. The molecule has 21 heavy (non-hydrogen) atoms. The highest BCUT2D eigenvalue weighted by Crippen LogP contribution is 2.29. The molecule has 0 aliphatic heterocycles. The summed E-state index contributed by atoms with van der Waals surface area (Å²) in [7, 11) is 1.73. The van der Waals surface area contributed by atoms with Gasteiger partial charge in [-0.2, -0.15) is 0 Å². The fourth-order valence-electron chi connectivity index (χ4n) is 2.85. The first kappa shape index (κ1) is 15.4. The molecule has 0 aliphatic carbocycles. The summed E-state index contributed by atoms with van der Waals surface area (Å²) in [4.78, 5) is 0. The van der Waals surface area contributed by atoms with E-state index < -0.39 is 0 Å². The minimum atomic E-state index is 0.452. The smallest absolute Gasteiger partial charge is 0.122 e. The number of rotatable bonds is 4. The molecule has 0 unspecified atom stereocenters. The van der Waals surface area contributed by atoms with E-state index in [9.17, 15) is 0 Å². The monoisotopic (exact) mass is 283 g/mol. The molecule has 0 saturated heterocycles. The first-order valence-electron chi connectivity index (χ1n) is 7.44. The molecule has 0 aliphatic rings. The highest BCUT2D eigenvalue weighted by Gasteiger charge is 2.10. The van der Waals surface area contributed by atoms with Gasteiger partial charge in [-0.25, -0.2) is 0 Å². The summed E-state index contributed by atoms with van der Waals surface area (Å²) in [5.41, 5.74) is 13.2. The van der Waals surface area contributed by atoms with E-state index >= 15 is 0 Å².